The highest BCUT2D eigenvalue weighted by Gasteiger charge is 2.23. The Hall–Kier alpha value is -2.49. The molecule has 0 atom stereocenters. The Morgan fingerprint density at radius 1 is 1.04 bits per heavy atom. The van der Waals surface area contributed by atoms with E-state index < -0.39 is 0 Å². The zero-order valence-corrected chi connectivity index (χ0v) is 15.6. The molecule has 0 aromatic heterocycles. The van der Waals surface area contributed by atoms with Crippen molar-refractivity contribution in [1.29, 1.82) is 0 Å². The molecule has 1 aliphatic rings. The van der Waals surface area contributed by atoms with Gasteiger partial charge in [0, 0.05) is 13.1 Å². The summed E-state index contributed by atoms with van der Waals surface area (Å²) < 4.78 is 11.6. The van der Waals surface area contributed by atoms with Crippen molar-refractivity contribution in [3.63, 3.8) is 0 Å². The number of carbonyl (C=O) groups is 1. The molecule has 1 heterocycles. The monoisotopic (exact) mass is 353 g/mol. The topological polar surface area (TPSA) is 38.8 Å². The molecule has 0 unspecified atom stereocenters. The lowest BCUT2D eigenvalue weighted by Crippen LogP contribution is -2.42. The van der Waals surface area contributed by atoms with E-state index in [1.54, 1.807) is 0 Å². The first kappa shape index (κ1) is 18.3. The van der Waals surface area contributed by atoms with Crippen LogP contribution in [0.4, 0.5) is 0 Å². The molecule has 138 valence electrons. The molecule has 3 rings (SSSR count). The van der Waals surface area contributed by atoms with Gasteiger partial charge in [0.05, 0.1) is 6.61 Å². The molecule has 1 fully saturated rings. The fraction of sp³-hybridized carbons (Fsp3) is 0.409. The average molecular weight is 353 g/mol. The average Bonchev–Trinajstić information content (AvgIpc) is 2.68. The molecule has 0 bridgehead atoms. The van der Waals surface area contributed by atoms with Crippen molar-refractivity contribution in [1.82, 2.24) is 4.90 Å². The molecule has 0 radical (unpaired) electrons. The van der Waals surface area contributed by atoms with E-state index >= 15 is 0 Å². The minimum atomic E-state index is 0.0633. The number of carbonyl (C=O) groups excluding carboxylic acids is 1. The standard InChI is InChI=1S/C22H27NO3/c1-17-8-9-18(2)21(14-17)26-16-22(24)23-12-10-19(11-13-23)15-25-20-6-4-3-5-7-20/h3-9,14,19H,10-13,15-16H2,1-2H3. The van der Waals surface area contributed by atoms with E-state index in [9.17, 15) is 4.79 Å². The van der Waals surface area contributed by atoms with Gasteiger partial charge in [0.1, 0.15) is 11.5 Å². The van der Waals surface area contributed by atoms with E-state index in [-0.39, 0.29) is 12.5 Å². The molecular formula is C22H27NO3. The quantitative estimate of drug-likeness (QED) is 0.788. The van der Waals surface area contributed by atoms with Crippen molar-refractivity contribution in [3.05, 3.63) is 59.7 Å². The van der Waals surface area contributed by atoms with E-state index in [1.165, 1.54) is 0 Å². The van der Waals surface area contributed by atoms with Crippen LogP contribution >= 0.6 is 0 Å². The highest BCUT2D eigenvalue weighted by Crippen LogP contribution is 2.21. The summed E-state index contributed by atoms with van der Waals surface area (Å²) >= 11 is 0. The fourth-order valence-electron chi connectivity index (χ4n) is 3.17. The smallest absolute Gasteiger partial charge is 0.260 e. The maximum absolute atomic E-state index is 12.4. The van der Waals surface area contributed by atoms with Crippen LogP contribution < -0.4 is 9.47 Å². The molecule has 4 heteroatoms. The van der Waals surface area contributed by atoms with Gasteiger partial charge >= 0.3 is 0 Å². The molecule has 0 saturated carbocycles. The number of hydrogen-bond donors (Lipinski definition) is 0. The number of likely N-dealkylation sites (tertiary alicyclic amines) is 1. The van der Waals surface area contributed by atoms with Crippen LogP contribution in [0.15, 0.2) is 48.5 Å². The third-order valence-corrected chi connectivity index (χ3v) is 4.89. The van der Waals surface area contributed by atoms with Crippen molar-refractivity contribution in [3.8, 4) is 11.5 Å². The Bertz CT molecular complexity index is 721. The minimum Gasteiger partial charge on any atom is -0.493 e. The van der Waals surface area contributed by atoms with Crippen LogP contribution in [-0.4, -0.2) is 37.1 Å². The number of hydrogen-bond acceptors (Lipinski definition) is 3. The number of rotatable bonds is 6. The lowest BCUT2D eigenvalue weighted by molar-refractivity contribution is -0.134. The predicted octanol–water partition coefficient (Wildman–Crippen LogP) is 4.00. The molecule has 2 aromatic carbocycles. The van der Waals surface area contributed by atoms with Crippen LogP contribution in [0.2, 0.25) is 0 Å². The summed E-state index contributed by atoms with van der Waals surface area (Å²) in [7, 11) is 0. The van der Waals surface area contributed by atoms with Crippen LogP contribution in [0.5, 0.6) is 11.5 Å². The second-order valence-corrected chi connectivity index (χ2v) is 7.01. The van der Waals surface area contributed by atoms with Crippen molar-refractivity contribution in [2.75, 3.05) is 26.3 Å². The summed E-state index contributed by atoms with van der Waals surface area (Å²) in [6.07, 6.45) is 1.95. The van der Waals surface area contributed by atoms with Crippen molar-refractivity contribution in [2.24, 2.45) is 5.92 Å². The van der Waals surface area contributed by atoms with Crippen LogP contribution in [0.1, 0.15) is 24.0 Å². The molecule has 0 N–H and O–H groups in total. The number of amides is 1. The van der Waals surface area contributed by atoms with Gasteiger partial charge in [0.15, 0.2) is 6.61 Å². The number of ether oxygens (including phenoxy) is 2. The first-order valence-electron chi connectivity index (χ1n) is 9.27. The van der Waals surface area contributed by atoms with Gasteiger partial charge in [-0.2, -0.15) is 0 Å². The summed E-state index contributed by atoms with van der Waals surface area (Å²) in [6, 6.07) is 15.9. The predicted molar refractivity (Wildman–Crippen MR) is 103 cm³/mol. The third-order valence-electron chi connectivity index (χ3n) is 4.89. The normalized spacial score (nSPS) is 14.9. The van der Waals surface area contributed by atoms with Gasteiger partial charge in [-0.25, -0.2) is 0 Å². The number of aryl methyl sites for hydroxylation is 2. The van der Waals surface area contributed by atoms with Gasteiger partial charge < -0.3 is 14.4 Å². The van der Waals surface area contributed by atoms with Crippen molar-refractivity contribution < 1.29 is 14.3 Å². The molecule has 0 spiro atoms. The molecule has 1 aliphatic heterocycles. The number of para-hydroxylation sites is 1. The van der Waals surface area contributed by atoms with Gasteiger partial charge in [-0.05, 0) is 61.9 Å². The maximum Gasteiger partial charge on any atom is 0.260 e. The maximum atomic E-state index is 12.4. The first-order valence-corrected chi connectivity index (χ1v) is 9.27. The third kappa shape index (κ3) is 5.01. The molecule has 1 saturated heterocycles. The van der Waals surface area contributed by atoms with Crippen molar-refractivity contribution in [2.45, 2.75) is 26.7 Å². The molecule has 1 amide bonds. The van der Waals surface area contributed by atoms with Crippen LogP contribution in [0.25, 0.3) is 0 Å². The Kier molecular flexibility index (Phi) is 6.16. The SMILES string of the molecule is Cc1ccc(C)c(OCC(=O)N2CCC(COc3ccccc3)CC2)c1. The van der Waals surface area contributed by atoms with Gasteiger partial charge in [-0.1, -0.05) is 30.3 Å². The Labute approximate surface area is 155 Å². The number of benzene rings is 2. The van der Waals surface area contributed by atoms with Gasteiger partial charge in [0.2, 0.25) is 0 Å². The Morgan fingerprint density at radius 2 is 1.77 bits per heavy atom. The zero-order chi connectivity index (χ0) is 18.4. The summed E-state index contributed by atoms with van der Waals surface area (Å²) in [6.45, 7) is 6.39. The highest BCUT2D eigenvalue weighted by atomic mass is 16.5. The van der Waals surface area contributed by atoms with E-state index in [0.29, 0.717) is 12.5 Å². The van der Waals surface area contributed by atoms with Crippen LogP contribution in [0, 0.1) is 19.8 Å². The zero-order valence-electron chi connectivity index (χ0n) is 15.6. The minimum absolute atomic E-state index is 0.0633. The molecule has 26 heavy (non-hydrogen) atoms. The molecular weight excluding hydrogens is 326 g/mol. The highest BCUT2D eigenvalue weighted by molar-refractivity contribution is 5.77. The Morgan fingerprint density at radius 3 is 2.50 bits per heavy atom. The molecule has 0 aliphatic carbocycles. The van der Waals surface area contributed by atoms with E-state index in [4.69, 9.17) is 9.47 Å². The molecule has 2 aromatic rings. The van der Waals surface area contributed by atoms with Gasteiger partial charge in [-0.15, -0.1) is 0 Å². The summed E-state index contributed by atoms with van der Waals surface area (Å²) in [5.41, 5.74) is 2.19. The van der Waals surface area contributed by atoms with Gasteiger partial charge in [0.25, 0.3) is 5.91 Å². The number of piperidine rings is 1. The summed E-state index contributed by atoms with van der Waals surface area (Å²) in [5, 5.41) is 0. The lowest BCUT2D eigenvalue weighted by atomic mass is 9.98. The van der Waals surface area contributed by atoms with E-state index in [1.807, 2.05) is 67.3 Å². The first-order chi connectivity index (χ1) is 12.6. The second kappa shape index (κ2) is 8.75. The van der Waals surface area contributed by atoms with Crippen LogP contribution in [0.3, 0.4) is 0 Å². The van der Waals surface area contributed by atoms with Gasteiger partial charge in [-0.3, -0.25) is 4.79 Å². The largest absolute Gasteiger partial charge is 0.493 e. The van der Waals surface area contributed by atoms with Crippen LogP contribution in [-0.2, 0) is 4.79 Å². The van der Waals surface area contributed by atoms with E-state index in [2.05, 4.69) is 0 Å². The molecule has 4 nitrogen and oxygen atoms in total. The fourth-order valence-corrected chi connectivity index (χ4v) is 3.17. The summed E-state index contributed by atoms with van der Waals surface area (Å²) in [4.78, 5) is 14.3. The number of nitrogens with zero attached hydrogens (tertiary/aromatic N) is 1. The second-order valence-electron chi connectivity index (χ2n) is 7.01. The van der Waals surface area contributed by atoms with Crippen molar-refractivity contribution >= 4 is 5.91 Å². The summed E-state index contributed by atoms with van der Waals surface area (Å²) in [5.74, 6) is 2.27. The van der Waals surface area contributed by atoms with E-state index in [0.717, 1.165) is 48.6 Å². The Balaban J connectivity index is 1.41. The lowest BCUT2D eigenvalue weighted by Gasteiger charge is -2.31.